The standard InChI is InChI=1S/C15H22ClN3O/c1-4-19-7-5-15(3,6-8-19)18-14(20)12-9-17-10-13(16)11(12)2/h9-10H,4-8H2,1-3H3,(H,18,20). The third kappa shape index (κ3) is 3.30. The molecule has 0 spiro atoms. The summed E-state index contributed by atoms with van der Waals surface area (Å²) in [7, 11) is 0. The average Bonchev–Trinajstić information content (AvgIpc) is 2.42. The lowest BCUT2D eigenvalue weighted by molar-refractivity contribution is 0.0838. The number of hydrogen-bond donors (Lipinski definition) is 1. The van der Waals surface area contributed by atoms with Crippen LogP contribution in [0.3, 0.4) is 0 Å². The van der Waals surface area contributed by atoms with Crippen LogP contribution in [0.5, 0.6) is 0 Å². The number of carbonyl (C=O) groups is 1. The van der Waals surface area contributed by atoms with E-state index < -0.39 is 0 Å². The smallest absolute Gasteiger partial charge is 0.253 e. The van der Waals surface area contributed by atoms with Crippen molar-refractivity contribution in [2.45, 2.75) is 39.2 Å². The fraction of sp³-hybridized carbons (Fsp3) is 0.600. The first kappa shape index (κ1) is 15.3. The van der Waals surface area contributed by atoms with Crippen LogP contribution in [0.25, 0.3) is 0 Å². The molecule has 20 heavy (non-hydrogen) atoms. The van der Waals surface area contributed by atoms with E-state index in [2.05, 4.69) is 29.0 Å². The van der Waals surface area contributed by atoms with E-state index >= 15 is 0 Å². The van der Waals surface area contributed by atoms with Gasteiger partial charge in [-0.3, -0.25) is 9.78 Å². The summed E-state index contributed by atoms with van der Waals surface area (Å²) in [6, 6.07) is 0. The van der Waals surface area contributed by atoms with Crippen molar-refractivity contribution < 1.29 is 4.79 Å². The second kappa shape index (κ2) is 6.10. The summed E-state index contributed by atoms with van der Waals surface area (Å²) < 4.78 is 0. The molecule has 110 valence electrons. The highest BCUT2D eigenvalue weighted by molar-refractivity contribution is 6.31. The zero-order valence-corrected chi connectivity index (χ0v) is 13.1. The van der Waals surface area contributed by atoms with Gasteiger partial charge in [0.25, 0.3) is 5.91 Å². The summed E-state index contributed by atoms with van der Waals surface area (Å²) >= 11 is 6.02. The van der Waals surface area contributed by atoms with E-state index in [4.69, 9.17) is 11.6 Å². The van der Waals surface area contributed by atoms with Gasteiger partial charge in [0.05, 0.1) is 10.6 Å². The van der Waals surface area contributed by atoms with Gasteiger partial charge in [0, 0.05) is 31.0 Å². The molecule has 2 heterocycles. The molecular weight excluding hydrogens is 274 g/mol. The minimum absolute atomic E-state index is 0.0788. The topological polar surface area (TPSA) is 45.2 Å². The molecule has 0 atom stereocenters. The quantitative estimate of drug-likeness (QED) is 0.932. The van der Waals surface area contributed by atoms with Crippen molar-refractivity contribution in [2.75, 3.05) is 19.6 Å². The Morgan fingerprint density at radius 2 is 2.10 bits per heavy atom. The van der Waals surface area contributed by atoms with Gasteiger partial charge >= 0.3 is 0 Å². The van der Waals surface area contributed by atoms with E-state index in [0.29, 0.717) is 10.6 Å². The normalized spacial score (nSPS) is 18.8. The third-order valence-electron chi connectivity index (χ3n) is 4.22. The lowest BCUT2D eigenvalue weighted by atomic mass is 9.89. The van der Waals surface area contributed by atoms with Crippen LogP contribution in [0, 0.1) is 6.92 Å². The van der Waals surface area contributed by atoms with E-state index in [1.165, 1.54) is 0 Å². The number of nitrogens with zero attached hydrogens (tertiary/aromatic N) is 2. The number of carbonyl (C=O) groups excluding carboxylic acids is 1. The molecular formula is C15H22ClN3O. The monoisotopic (exact) mass is 295 g/mol. The predicted molar refractivity (Wildman–Crippen MR) is 81.2 cm³/mol. The highest BCUT2D eigenvalue weighted by Crippen LogP contribution is 2.23. The minimum Gasteiger partial charge on any atom is -0.347 e. The highest BCUT2D eigenvalue weighted by Gasteiger charge is 2.31. The number of pyridine rings is 1. The molecule has 1 amide bonds. The number of amides is 1. The van der Waals surface area contributed by atoms with E-state index in [1.54, 1.807) is 12.4 Å². The lowest BCUT2D eigenvalue weighted by Crippen LogP contribution is -2.53. The number of piperidine rings is 1. The molecule has 0 aliphatic carbocycles. The molecule has 0 radical (unpaired) electrons. The van der Waals surface area contributed by atoms with Crippen LogP contribution >= 0.6 is 11.6 Å². The summed E-state index contributed by atoms with van der Waals surface area (Å²) in [5.74, 6) is -0.0788. The van der Waals surface area contributed by atoms with Crippen LogP contribution in [-0.2, 0) is 0 Å². The molecule has 1 aliphatic rings. The Kier molecular flexibility index (Phi) is 4.66. The number of rotatable bonds is 3. The van der Waals surface area contributed by atoms with Crippen molar-refractivity contribution in [1.82, 2.24) is 15.2 Å². The summed E-state index contributed by atoms with van der Waals surface area (Å²) in [4.78, 5) is 18.8. The highest BCUT2D eigenvalue weighted by atomic mass is 35.5. The van der Waals surface area contributed by atoms with Crippen molar-refractivity contribution >= 4 is 17.5 Å². The lowest BCUT2D eigenvalue weighted by Gasteiger charge is -2.39. The van der Waals surface area contributed by atoms with Crippen LogP contribution in [0.2, 0.25) is 5.02 Å². The molecule has 1 N–H and O–H groups in total. The third-order valence-corrected chi connectivity index (χ3v) is 4.60. The molecule has 0 bridgehead atoms. The van der Waals surface area contributed by atoms with Gasteiger partial charge < -0.3 is 10.2 Å². The molecule has 5 heteroatoms. The largest absolute Gasteiger partial charge is 0.347 e. The summed E-state index contributed by atoms with van der Waals surface area (Å²) in [5.41, 5.74) is 1.21. The number of aromatic nitrogens is 1. The molecule has 2 rings (SSSR count). The predicted octanol–water partition coefficient (Wildman–Crippen LogP) is 2.65. The molecule has 1 aromatic heterocycles. The Bertz CT molecular complexity index is 496. The molecule has 1 aromatic rings. The second-order valence-electron chi connectivity index (χ2n) is 5.74. The van der Waals surface area contributed by atoms with Crippen LogP contribution < -0.4 is 5.32 Å². The maximum atomic E-state index is 12.4. The van der Waals surface area contributed by atoms with Gasteiger partial charge in [-0.05, 0) is 38.8 Å². The van der Waals surface area contributed by atoms with Crippen molar-refractivity contribution in [3.05, 3.63) is 28.5 Å². The summed E-state index contributed by atoms with van der Waals surface area (Å²) in [6.45, 7) is 9.26. The Balaban J connectivity index is 2.06. The number of nitrogens with one attached hydrogen (secondary N) is 1. The molecule has 1 saturated heterocycles. The number of halogens is 1. The maximum Gasteiger partial charge on any atom is 0.253 e. The molecule has 0 saturated carbocycles. The second-order valence-corrected chi connectivity index (χ2v) is 6.15. The maximum absolute atomic E-state index is 12.4. The zero-order chi connectivity index (χ0) is 14.8. The molecule has 0 unspecified atom stereocenters. The average molecular weight is 296 g/mol. The Morgan fingerprint density at radius 3 is 2.70 bits per heavy atom. The van der Waals surface area contributed by atoms with Gasteiger partial charge in [0.1, 0.15) is 0 Å². The van der Waals surface area contributed by atoms with Gasteiger partial charge in [-0.25, -0.2) is 0 Å². The molecule has 1 aliphatic heterocycles. The fourth-order valence-corrected chi connectivity index (χ4v) is 2.72. The molecule has 0 aromatic carbocycles. The van der Waals surface area contributed by atoms with Crippen molar-refractivity contribution in [3.8, 4) is 0 Å². The van der Waals surface area contributed by atoms with Crippen molar-refractivity contribution in [3.63, 3.8) is 0 Å². The summed E-state index contributed by atoms with van der Waals surface area (Å²) in [6.07, 6.45) is 5.09. The van der Waals surface area contributed by atoms with Crippen LogP contribution in [0.4, 0.5) is 0 Å². The first-order valence-electron chi connectivity index (χ1n) is 7.10. The van der Waals surface area contributed by atoms with Gasteiger partial charge in [-0.2, -0.15) is 0 Å². The van der Waals surface area contributed by atoms with Gasteiger partial charge in [0.15, 0.2) is 0 Å². The first-order valence-corrected chi connectivity index (χ1v) is 7.48. The SMILES string of the molecule is CCN1CCC(C)(NC(=O)c2cncc(Cl)c2C)CC1. The van der Waals surface area contributed by atoms with Crippen LogP contribution in [-0.4, -0.2) is 41.0 Å². The van der Waals surface area contributed by atoms with E-state index in [9.17, 15) is 4.79 Å². The fourth-order valence-electron chi connectivity index (χ4n) is 2.56. The van der Waals surface area contributed by atoms with E-state index in [1.807, 2.05) is 6.92 Å². The number of likely N-dealkylation sites (tertiary alicyclic amines) is 1. The van der Waals surface area contributed by atoms with Crippen molar-refractivity contribution in [2.24, 2.45) is 0 Å². The molecule has 4 nitrogen and oxygen atoms in total. The van der Waals surface area contributed by atoms with Crippen molar-refractivity contribution in [1.29, 1.82) is 0 Å². The Morgan fingerprint density at radius 1 is 1.45 bits per heavy atom. The van der Waals surface area contributed by atoms with E-state index in [0.717, 1.165) is 38.0 Å². The Labute approximate surface area is 125 Å². The van der Waals surface area contributed by atoms with Gasteiger partial charge in [-0.1, -0.05) is 18.5 Å². The Hall–Kier alpha value is -1.13. The number of hydrogen-bond acceptors (Lipinski definition) is 3. The first-order chi connectivity index (χ1) is 9.45. The summed E-state index contributed by atoms with van der Waals surface area (Å²) in [5, 5.41) is 3.69. The van der Waals surface area contributed by atoms with E-state index in [-0.39, 0.29) is 11.4 Å². The minimum atomic E-state index is -0.141. The zero-order valence-electron chi connectivity index (χ0n) is 12.4. The molecule has 1 fully saturated rings. The van der Waals surface area contributed by atoms with Gasteiger partial charge in [0.2, 0.25) is 0 Å². The van der Waals surface area contributed by atoms with Crippen LogP contribution in [0.15, 0.2) is 12.4 Å². The van der Waals surface area contributed by atoms with Gasteiger partial charge in [-0.15, -0.1) is 0 Å². The van der Waals surface area contributed by atoms with Crippen LogP contribution in [0.1, 0.15) is 42.6 Å².